The molecular weight excluding hydrogens is 248 g/mol. The third kappa shape index (κ3) is 3.75. The number of likely N-dealkylation sites (N-methyl/N-ethyl adjacent to an activating group) is 1. The molecule has 1 heterocycles. The van der Waals surface area contributed by atoms with E-state index in [9.17, 15) is 5.11 Å². The zero-order valence-electron chi connectivity index (χ0n) is 13.5. The van der Waals surface area contributed by atoms with Crippen LogP contribution in [0.3, 0.4) is 0 Å². The summed E-state index contributed by atoms with van der Waals surface area (Å²) in [4.78, 5) is 2.67. The highest BCUT2D eigenvalue weighted by molar-refractivity contribution is 4.99. The maximum absolute atomic E-state index is 9.86. The van der Waals surface area contributed by atoms with E-state index in [1.807, 2.05) is 0 Å². The molecule has 0 aromatic carbocycles. The Morgan fingerprint density at radius 1 is 1.25 bits per heavy atom. The van der Waals surface area contributed by atoms with Crippen molar-refractivity contribution in [2.75, 3.05) is 32.8 Å². The molecule has 0 aromatic heterocycles. The van der Waals surface area contributed by atoms with Crippen LogP contribution in [0, 0.1) is 11.8 Å². The van der Waals surface area contributed by atoms with Gasteiger partial charge < -0.3 is 15.3 Å². The molecule has 3 unspecified atom stereocenters. The summed E-state index contributed by atoms with van der Waals surface area (Å²) in [6.07, 6.45) is 9.10. The van der Waals surface area contributed by atoms with Gasteiger partial charge in [0.15, 0.2) is 0 Å². The molecule has 3 nitrogen and oxygen atoms in total. The van der Waals surface area contributed by atoms with Gasteiger partial charge in [0, 0.05) is 12.1 Å². The van der Waals surface area contributed by atoms with Crippen LogP contribution >= 0.6 is 0 Å². The topological polar surface area (TPSA) is 35.5 Å². The minimum absolute atomic E-state index is 0.0225. The second kappa shape index (κ2) is 7.77. The lowest BCUT2D eigenvalue weighted by molar-refractivity contribution is 0.103. The van der Waals surface area contributed by atoms with E-state index in [0.29, 0.717) is 12.5 Å². The number of nitrogens with zero attached hydrogens (tertiary/aromatic N) is 1. The molecule has 3 heteroatoms. The zero-order valence-corrected chi connectivity index (χ0v) is 13.5. The Hall–Kier alpha value is -0.120. The summed E-state index contributed by atoms with van der Waals surface area (Å²) in [5, 5.41) is 13.5. The van der Waals surface area contributed by atoms with Crippen molar-refractivity contribution in [2.24, 2.45) is 11.8 Å². The quantitative estimate of drug-likeness (QED) is 0.753. The summed E-state index contributed by atoms with van der Waals surface area (Å²) >= 11 is 0. The predicted octanol–water partition coefficient (Wildman–Crippen LogP) is 2.64. The van der Waals surface area contributed by atoms with Crippen molar-refractivity contribution >= 4 is 0 Å². The maximum Gasteiger partial charge on any atom is 0.0616 e. The average molecular weight is 282 g/mol. The lowest BCUT2D eigenvalue weighted by Gasteiger charge is -2.37. The van der Waals surface area contributed by atoms with Gasteiger partial charge in [-0.1, -0.05) is 26.7 Å². The van der Waals surface area contributed by atoms with E-state index >= 15 is 0 Å². The Balaban J connectivity index is 1.83. The molecule has 0 amide bonds. The number of hydrogen-bond donors (Lipinski definition) is 2. The zero-order chi connectivity index (χ0) is 14.4. The van der Waals surface area contributed by atoms with Gasteiger partial charge in [0.25, 0.3) is 0 Å². The van der Waals surface area contributed by atoms with Crippen LogP contribution in [-0.2, 0) is 0 Å². The molecule has 118 valence electrons. The van der Waals surface area contributed by atoms with E-state index in [1.54, 1.807) is 0 Å². The molecule has 0 spiro atoms. The van der Waals surface area contributed by atoms with E-state index in [0.717, 1.165) is 18.9 Å². The molecule has 20 heavy (non-hydrogen) atoms. The maximum atomic E-state index is 9.86. The van der Waals surface area contributed by atoms with Gasteiger partial charge in [-0.05, 0) is 63.6 Å². The van der Waals surface area contributed by atoms with Gasteiger partial charge in [0.05, 0.1) is 6.61 Å². The second-order valence-electron chi connectivity index (χ2n) is 6.94. The van der Waals surface area contributed by atoms with Gasteiger partial charge in [-0.15, -0.1) is 0 Å². The Labute approximate surface area is 125 Å². The first-order valence-corrected chi connectivity index (χ1v) is 8.82. The van der Waals surface area contributed by atoms with E-state index in [2.05, 4.69) is 24.1 Å². The number of nitrogens with one attached hydrogen (secondary N) is 1. The summed E-state index contributed by atoms with van der Waals surface area (Å²) in [6, 6.07) is 0. The van der Waals surface area contributed by atoms with Crippen molar-refractivity contribution in [3.63, 3.8) is 0 Å². The third-order valence-corrected chi connectivity index (χ3v) is 5.74. The van der Waals surface area contributed by atoms with E-state index in [-0.39, 0.29) is 5.54 Å². The van der Waals surface area contributed by atoms with Crippen molar-refractivity contribution in [1.29, 1.82) is 0 Å². The Morgan fingerprint density at radius 2 is 2.10 bits per heavy atom. The molecule has 2 fully saturated rings. The van der Waals surface area contributed by atoms with Crippen LogP contribution in [0.4, 0.5) is 0 Å². The van der Waals surface area contributed by atoms with Crippen LogP contribution < -0.4 is 5.32 Å². The third-order valence-electron chi connectivity index (χ3n) is 5.74. The van der Waals surface area contributed by atoms with Crippen LogP contribution in [-0.4, -0.2) is 48.3 Å². The van der Waals surface area contributed by atoms with Gasteiger partial charge in [-0.2, -0.15) is 0 Å². The monoisotopic (exact) mass is 282 g/mol. The van der Waals surface area contributed by atoms with Crippen molar-refractivity contribution < 1.29 is 5.11 Å². The fraction of sp³-hybridized carbons (Fsp3) is 1.00. The van der Waals surface area contributed by atoms with Crippen LogP contribution in [0.1, 0.15) is 58.8 Å². The first-order valence-electron chi connectivity index (χ1n) is 8.82. The smallest absolute Gasteiger partial charge is 0.0616 e. The highest BCUT2D eigenvalue weighted by Gasteiger charge is 2.41. The number of piperidine rings is 1. The molecule has 1 saturated carbocycles. The van der Waals surface area contributed by atoms with Crippen LogP contribution in [0.2, 0.25) is 0 Å². The van der Waals surface area contributed by atoms with Gasteiger partial charge >= 0.3 is 0 Å². The van der Waals surface area contributed by atoms with Crippen molar-refractivity contribution in [3.8, 4) is 0 Å². The first kappa shape index (κ1) is 16.3. The molecule has 3 atom stereocenters. The number of rotatable bonds is 7. The van der Waals surface area contributed by atoms with Gasteiger partial charge in [-0.25, -0.2) is 0 Å². The summed E-state index contributed by atoms with van der Waals surface area (Å²) in [7, 11) is 0. The van der Waals surface area contributed by atoms with Gasteiger partial charge in [0.2, 0.25) is 0 Å². The summed E-state index contributed by atoms with van der Waals surface area (Å²) in [5.41, 5.74) is 0.0225. The molecule has 0 aromatic rings. The van der Waals surface area contributed by atoms with E-state index in [4.69, 9.17) is 0 Å². The molecular formula is C17H34N2O. The normalized spacial score (nSPS) is 35.5. The molecule has 1 saturated heterocycles. The number of likely N-dealkylation sites (tertiary alicyclic amines) is 1. The molecule has 1 aliphatic carbocycles. The number of hydrogen-bond acceptors (Lipinski definition) is 3. The summed E-state index contributed by atoms with van der Waals surface area (Å²) < 4.78 is 0. The van der Waals surface area contributed by atoms with E-state index in [1.165, 1.54) is 58.2 Å². The summed E-state index contributed by atoms with van der Waals surface area (Å²) in [6.45, 7) is 9.58. The van der Waals surface area contributed by atoms with Crippen molar-refractivity contribution in [2.45, 2.75) is 64.3 Å². The number of aliphatic hydroxyl groups is 1. The van der Waals surface area contributed by atoms with E-state index < -0.39 is 0 Å². The first-order chi connectivity index (χ1) is 9.74. The SMILES string of the molecule is CCNC1(CO)CCCC1CCN1CCCC(CC)C1. The van der Waals surface area contributed by atoms with Crippen molar-refractivity contribution in [3.05, 3.63) is 0 Å². The molecule has 1 aliphatic heterocycles. The Kier molecular flexibility index (Phi) is 6.31. The second-order valence-corrected chi connectivity index (χ2v) is 6.94. The fourth-order valence-corrected chi connectivity index (χ4v) is 4.44. The standard InChI is InChI=1S/C17H34N2O/c1-3-15-7-6-11-19(13-15)12-9-16-8-5-10-17(16,14-20)18-4-2/h15-16,18,20H,3-14H2,1-2H3. The molecule has 0 radical (unpaired) electrons. The highest BCUT2D eigenvalue weighted by atomic mass is 16.3. The average Bonchev–Trinajstić information content (AvgIpc) is 2.89. The molecule has 0 bridgehead atoms. The predicted molar refractivity (Wildman–Crippen MR) is 84.9 cm³/mol. The van der Waals surface area contributed by atoms with Gasteiger partial charge in [0.1, 0.15) is 0 Å². The minimum Gasteiger partial charge on any atom is -0.394 e. The molecule has 2 rings (SSSR count). The number of aliphatic hydroxyl groups excluding tert-OH is 1. The molecule has 2 N–H and O–H groups in total. The minimum atomic E-state index is 0.0225. The fourth-order valence-electron chi connectivity index (χ4n) is 4.44. The Morgan fingerprint density at radius 3 is 2.80 bits per heavy atom. The lowest BCUT2D eigenvalue weighted by Crippen LogP contribution is -2.52. The van der Waals surface area contributed by atoms with Crippen LogP contribution in [0.25, 0.3) is 0 Å². The van der Waals surface area contributed by atoms with Gasteiger partial charge in [-0.3, -0.25) is 0 Å². The molecule has 2 aliphatic rings. The highest BCUT2D eigenvalue weighted by Crippen LogP contribution is 2.38. The van der Waals surface area contributed by atoms with Crippen molar-refractivity contribution in [1.82, 2.24) is 10.2 Å². The Bertz CT molecular complexity index is 284. The largest absolute Gasteiger partial charge is 0.394 e. The van der Waals surface area contributed by atoms with Crippen LogP contribution in [0.5, 0.6) is 0 Å². The van der Waals surface area contributed by atoms with Crippen LogP contribution in [0.15, 0.2) is 0 Å². The summed E-state index contributed by atoms with van der Waals surface area (Å²) in [5.74, 6) is 1.58. The lowest BCUT2D eigenvalue weighted by atomic mass is 9.84.